The zero-order valence-corrected chi connectivity index (χ0v) is 16.3. The van der Waals surface area contributed by atoms with Gasteiger partial charge < -0.3 is 9.94 Å². The molecule has 0 saturated heterocycles. The molecule has 9 heteroatoms. The lowest BCUT2D eigenvalue weighted by Gasteiger charge is -2.23. The lowest BCUT2D eigenvalue weighted by Crippen LogP contribution is -2.24. The zero-order chi connectivity index (χ0) is 20.9. The number of thioether (sulfide) groups is 1. The van der Waals surface area contributed by atoms with Crippen LogP contribution in [0.4, 0.5) is 17.6 Å². The Morgan fingerprint density at radius 1 is 1.36 bits per heavy atom. The van der Waals surface area contributed by atoms with Crippen molar-refractivity contribution >= 4 is 23.3 Å². The van der Waals surface area contributed by atoms with Crippen LogP contribution in [0.3, 0.4) is 0 Å². The van der Waals surface area contributed by atoms with Crippen LogP contribution < -0.4 is 0 Å². The van der Waals surface area contributed by atoms with Crippen molar-refractivity contribution in [2.45, 2.75) is 43.7 Å². The van der Waals surface area contributed by atoms with Crippen LogP contribution in [0, 0.1) is 11.7 Å². The molecular weight excluding hydrogens is 398 g/mol. The first-order valence-electron chi connectivity index (χ1n) is 8.72. The Kier molecular flexibility index (Phi) is 7.51. The molecule has 4 nitrogen and oxygen atoms in total. The third kappa shape index (κ3) is 5.50. The molecule has 1 unspecified atom stereocenters. The van der Waals surface area contributed by atoms with Crippen LogP contribution >= 0.6 is 11.8 Å². The third-order valence-electron chi connectivity index (χ3n) is 4.39. The van der Waals surface area contributed by atoms with Gasteiger partial charge in [0.2, 0.25) is 0 Å². The van der Waals surface area contributed by atoms with E-state index in [1.165, 1.54) is 13.2 Å². The molecule has 0 aliphatic heterocycles. The number of allylic oxidation sites excluding steroid dienone is 2. The van der Waals surface area contributed by atoms with Gasteiger partial charge in [0.25, 0.3) is 0 Å². The number of benzene rings is 1. The van der Waals surface area contributed by atoms with Gasteiger partial charge in [0, 0.05) is 17.7 Å². The van der Waals surface area contributed by atoms with Crippen molar-refractivity contribution < 1.29 is 32.3 Å². The summed E-state index contributed by atoms with van der Waals surface area (Å²) in [5.41, 5.74) is -0.703. The first-order chi connectivity index (χ1) is 13.2. The maximum Gasteiger partial charge on any atom is 0.419 e. The highest BCUT2D eigenvalue weighted by molar-refractivity contribution is 7.99. The van der Waals surface area contributed by atoms with E-state index < -0.39 is 17.6 Å². The monoisotopic (exact) mass is 419 g/mol. The first kappa shape index (κ1) is 22.3. The summed E-state index contributed by atoms with van der Waals surface area (Å²) >= 11 is 1.16. The van der Waals surface area contributed by atoms with Crippen LogP contribution in [-0.2, 0) is 15.8 Å². The molecule has 0 radical (unpaired) electrons. The maximum atomic E-state index is 13.3. The highest BCUT2D eigenvalue weighted by atomic mass is 32.2. The van der Waals surface area contributed by atoms with Gasteiger partial charge in [0.05, 0.1) is 16.8 Å². The van der Waals surface area contributed by atoms with Crippen molar-refractivity contribution in [1.29, 1.82) is 0 Å². The molecule has 0 aromatic heterocycles. The maximum absolute atomic E-state index is 13.3. The fourth-order valence-corrected chi connectivity index (χ4v) is 4.11. The fraction of sp³-hybridized carbons (Fsp3) is 0.474. The van der Waals surface area contributed by atoms with E-state index >= 15 is 0 Å². The van der Waals surface area contributed by atoms with Gasteiger partial charge in [-0.2, -0.15) is 13.2 Å². The third-order valence-corrected chi connectivity index (χ3v) is 5.41. The van der Waals surface area contributed by atoms with Gasteiger partial charge in [-0.3, -0.25) is 4.79 Å². The minimum Gasteiger partial charge on any atom is -0.511 e. The summed E-state index contributed by atoms with van der Waals surface area (Å²) < 4.78 is 51.7. The summed E-state index contributed by atoms with van der Waals surface area (Å²) in [6.45, 7) is 1.80. The normalized spacial score (nSPS) is 18.6. The number of rotatable bonds is 7. The largest absolute Gasteiger partial charge is 0.511 e. The van der Waals surface area contributed by atoms with E-state index in [1.807, 2.05) is 0 Å². The van der Waals surface area contributed by atoms with E-state index in [9.17, 15) is 27.5 Å². The number of hydrogen-bond donors (Lipinski definition) is 1. The molecule has 28 heavy (non-hydrogen) atoms. The van der Waals surface area contributed by atoms with Gasteiger partial charge in [0.15, 0.2) is 5.78 Å². The predicted octanol–water partition coefficient (Wildman–Crippen LogP) is 5.53. The summed E-state index contributed by atoms with van der Waals surface area (Å²) in [6.07, 6.45) is -3.27. The first-order valence-corrected chi connectivity index (χ1v) is 9.71. The molecule has 0 spiro atoms. The van der Waals surface area contributed by atoms with Crippen molar-refractivity contribution in [3.8, 4) is 0 Å². The second-order valence-corrected chi connectivity index (χ2v) is 7.54. The van der Waals surface area contributed by atoms with Gasteiger partial charge in [0.1, 0.15) is 18.7 Å². The lowest BCUT2D eigenvalue weighted by atomic mass is 9.83. The molecule has 0 fully saturated rings. The topological polar surface area (TPSA) is 58.9 Å². The van der Waals surface area contributed by atoms with Gasteiger partial charge in [-0.05, 0) is 42.7 Å². The Balaban J connectivity index is 2.00. The molecule has 1 N–H and O–H groups in total. The Hall–Kier alpha value is -2.03. The number of aliphatic hydroxyl groups excluding tert-OH is 1. The molecule has 0 heterocycles. The van der Waals surface area contributed by atoms with Crippen LogP contribution in [0.2, 0.25) is 0 Å². The SMILES string of the molecule is CC/C(=N/OC)C1=C(O)CC(CCSc2ccc(F)c(C(F)(F)F)c2)CC1=O. The second kappa shape index (κ2) is 9.45. The number of carbonyl (C=O) groups is 1. The predicted molar refractivity (Wildman–Crippen MR) is 98.9 cm³/mol. The number of alkyl halides is 3. The highest BCUT2D eigenvalue weighted by Crippen LogP contribution is 2.35. The number of aliphatic hydroxyl groups is 1. The number of Topliss-reactive ketones (excluding diaryl/α,β-unsaturated/α-hetero) is 1. The Bertz CT molecular complexity index is 790. The summed E-state index contributed by atoms with van der Waals surface area (Å²) in [5.74, 6) is -1.24. The van der Waals surface area contributed by atoms with E-state index in [4.69, 9.17) is 4.84 Å². The van der Waals surface area contributed by atoms with E-state index in [0.717, 1.165) is 23.9 Å². The van der Waals surface area contributed by atoms with Gasteiger partial charge in [-0.1, -0.05) is 12.1 Å². The average Bonchev–Trinajstić information content (AvgIpc) is 2.60. The van der Waals surface area contributed by atoms with Crippen LogP contribution in [0.5, 0.6) is 0 Å². The molecule has 0 bridgehead atoms. The average molecular weight is 419 g/mol. The molecular formula is C19H21F4NO3S. The van der Waals surface area contributed by atoms with Crippen molar-refractivity contribution in [3.05, 3.63) is 40.9 Å². The molecule has 0 amide bonds. The smallest absolute Gasteiger partial charge is 0.419 e. The zero-order valence-electron chi connectivity index (χ0n) is 15.5. The van der Waals surface area contributed by atoms with Gasteiger partial charge in [-0.25, -0.2) is 4.39 Å². The van der Waals surface area contributed by atoms with E-state index in [-0.39, 0.29) is 29.5 Å². The number of hydrogen-bond acceptors (Lipinski definition) is 5. The quantitative estimate of drug-likeness (QED) is 0.273. The van der Waals surface area contributed by atoms with Crippen LogP contribution in [0.1, 0.15) is 38.2 Å². The molecule has 2 rings (SSSR count). The van der Waals surface area contributed by atoms with Gasteiger partial charge in [-0.15, -0.1) is 11.8 Å². The molecule has 1 aliphatic rings. The lowest BCUT2D eigenvalue weighted by molar-refractivity contribution is -0.140. The number of oxime groups is 1. The number of ketones is 1. The summed E-state index contributed by atoms with van der Waals surface area (Å²) in [5, 5.41) is 14.0. The standard InChI is InChI=1S/C19H21F4NO3S/c1-3-15(24-27-2)18-16(25)8-11(9-17(18)26)6-7-28-12-4-5-14(20)13(10-12)19(21,22)23/h4-5,10-11,25H,3,6-9H2,1-2H3/b24-15-. The Morgan fingerprint density at radius 2 is 2.07 bits per heavy atom. The van der Waals surface area contributed by atoms with Crippen LogP contribution in [0.15, 0.2) is 39.6 Å². The van der Waals surface area contributed by atoms with E-state index in [0.29, 0.717) is 35.6 Å². The minimum absolute atomic E-state index is 0.0370. The number of nitrogens with zero attached hydrogens (tertiary/aromatic N) is 1. The molecule has 154 valence electrons. The van der Waals surface area contributed by atoms with Crippen molar-refractivity contribution in [1.82, 2.24) is 0 Å². The Labute approximate surface area is 164 Å². The molecule has 0 saturated carbocycles. The summed E-state index contributed by atoms with van der Waals surface area (Å²) in [7, 11) is 1.36. The molecule has 1 aromatic rings. The number of carbonyl (C=O) groups excluding carboxylic acids is 1. The Morgan fingerprint density at radius 3 is 2.64 bits per heavy atom. The highest BCUT2D eigenvalue weighted by Gasteiger charge is 2.34. The number of halogens is 4. The van der Waals surface area contributed by atoms with Gasteiger partial charge >= 0.3 is 6.18 Å². The van der Waals surface area contributed by atoms with E-state index in [1.54, 1.807) is 6.92 Å². The summed E-state index contributed by atoms with van der Waals surface area (Å²) in [4.78, 5) is 17.4. The van der Waals surface area contributed by atoms with Crippen molar-refractivity contribution in [2.24, 2.45) is 11.1 Å². The van der Waals surface area contributed by atoms with E-state index in [2.05, 4.69) is 5.16 Å². The molecule has 1 atom stereocenters. The van der Waals surface area contributed by atoms with Crippen molar-refractivity contribution in [3.63, 3.8) is 0 Å². The molecule has 1 aliphatic carbocycles. The minimum atomic E-state index is -4.75. The second-order valence-electron chi connectivity index (χ2n) is 6.37. The summed E-state index contributed by atoms with van der Waals surface area (Å²) in [6, 6.07) is 2.89. The van der Waals surface area contributed by atoms with Crippen LogP contribution in [0.25, 0.3) is 0 Å². The fourth-order valence-electron chi connectivity index (χ4n) is 3.06. The molecule has 1 aromatic carbocycles. The van der Waals surface area contributed by atoms with Crippen molar-refractivity contribution in [2.75, 3.05) is 12.9 Å². The van der Waals surface area contributed by atoms with Crippen LogP contribution in [-0.4, -0.2) is 29.5 Å².